The number of hydrogen-bond donors (Lipinski definition) is 1. The first-order valence-corrected chi connectivity index (χ1v) is 9.81. The van der Waals surface area contributed by atoms with Crippen LogP contribution in [0, 0.1) is 0 Å². The molecule has 0 amide bonds. The molecule has 154 valence electrons. The number of aliphatic hydroxyl groups is 1. The molecule has 1 N–H and O–H groups in total. The van der Waals surface area contributed by atoms with Crippen molar-refractivity contribution >= 4 is 5.97 Å². The van der Waals surface area contributed by atoms with Gasteiger partial charge in [0.25, 0.3) is 0 Å². The molecule has 0 spiro atoms. The Hall–Kier alpha value is -3.38. The maximum Gasteiger partial charge on any atom is 0.337 e. The average Bonchev–Trinajstić information content (AvgIpc) is 2.78. The summed E-state index contributed by atoms with van der Waals surface area (Å²) in [4.78, 5) is 16.0. The second-order valence-corrected chi connectivity index (χ2v) is 7.20. The van der Waals surface area contributed by atoms with E-state index in [-0.39, 0.29) is 12.1 Å². The minimum absolute atomic E-state index is 0.194. The third-order valence-corrected chi connectivity index (χ3v) is 5.04. The van der Waals surface area contributed by atoms with Crippen molar-refractivity contribution in [3.8, 4) is 11.5 Å². The van der Waals surface area contributed by atoms with E-state index in [2.05, 4.69) is 4.98 Å². The molecule has 1 aromatic heterocycles. The standard InChI is InChI=1S/C24H23NO5/c1-28-24(27)17-6-4-5-16(11-17)12-20-14-22(26)21-13-19(8-9-23(21)30-20)29-15-18-7-2-3-10-25-18/h2-11,13,20,22,26H,12,14-15H2,1H3. The van der Waals surface area contributed by atoms with Crippen molar-refractivity contribution in [1.82, 2.24) is 4.98 Å². The van der Waals surface area contributed by atoms with Gasteiger partial charge in [-0.15, -0.1) is 0 Å². The van der Waals surface area contributed by atoms with Crippen molar-refractivity contribution in [2.24, 2.45) is 0 Å². The van der Waals surface area contributed by atoms with E-state index in [4.69, 9.17) is 14.2 Å². The van der Waals surface area contributed by atoms with Gasteiger partial charge in [0.2, 0.25) is 0 Å². The normalized spacial score (nSPS) is 17.5. The number of carbonyl (C=O) groups excluding carboxylic acids is 1. The Labute approximate surface area is 175 Å². The van der Waals surface area contributed by atoms with Crippen LogP contribution in [0.3, 0.4) is 0 Å². The van der Waals surface area contributed by atoms with Crippen LogP contribution in [-0.4, -0.2) is 29.3 Å². The molecular formula is C24H23NO5. The molecule has 4 rings (SSSR count). The maximum absolute atomic E-state index is 11.7. The van der Waals surface area contributed by atoms with Crippen LogP contribution in [-0.2, 0) is 17.8 Å². The number of carbonyl (C=O) groups is 1. The molecule has 0 saturated carbocycles. The number of rotatable bonds is 6. The highest BCUT2D eigenvalue weighted by molar-refractivity contribution is 5.89. The molecule has 1 aliphatic rings. The number of hydrogen-bond acceptors (Lipinski definition) is 6. The van der Waals surface area contributed by atoms with E-state index in [9.17, 15) is 9.90 Å². The average molecular weight is 405 g/mol. The molecule has 0 fully saturated rings. The quantitative estimate of drug-likeness (QED) is 0.627. The van der Waals surface area contributed by atoms with Gasteiger partial charge in [0.05, 0.1) is 24.5 Å². The molecule has 30 heavy (non-hydrogen) atoms. The van der Waals surface area contributed by atoms with Crippen LogP contribution >= 0.6 is 0 Å². The van der Waals surface area contributed by atoms with Crippen LogP contribution in [0.2, 0.25) is 0 Å². The van der Waals surface area contributed by atoms with Crippen LogP contribution in [0.5, 0.6) is 11.5 Å². The van der Waals surface area contributed by atoms with Gasteiger partial charge in [0.1, 0.15) is 24.2 Å². The molecule has 6 nitrogen and oxygen atoms in total. The summed E-state index contributed by atoms with van der Waals surface area (Å²) in [6.07, 6.45) is 1.92. The zero-order valence-corrected chi connectivity index (χ0v) is 16.7. The number of pyridine rings is 1. The van der Waals surface area contributed by atoms with Gasteiger partial charge in [-0.1, -0.05) is 18.2 Å². The Morgan fingerprint density at radius 1 is 1.17 bits per heavy atom. The van der Waals surface area contributed by atoms with E-state index >= 15 is 0 Å². The Kier molecular flexibility index (Phi) is 5.95. The number of methoxy groups -OCH3 is 1. The zero-order valence-electron chi connectivity index (χ0n) is 16.7. The number of aromatic nitrogens is 1. The predicted octanol–water partition coefficient (Wildman–Crippen LogP) is 3.87. The smallest absolute Gasteiger partial charge is 0.337 e. The highest BCUT2D eigenvalue weighted by atomic mass is 16.5. The lowest BCUT2D eigenvalue weighted by atomic mass is 9.94. The molecule has 2 unspecified atom stereocenters. The number of nitrogens with zero attached hydrogens (tertiary/aromatic N) is 1. The highest BCUT2D eigenvalue weighted by Crippen LogP contribution is 2.38. The lowest BCUT2D eigenvalue weighted by Gasteiger charge is -2.30. The Balaban J connectivity index is 1.43. The lowest BCUT2D eigenvalue weighted by Crippen LogP contribution is -2.27. The minimum Gasteiger partial charge on any atom is -0.490 e. The molecule has 2 atom stereocenters. The summed E-state index contributed by atoms with van der Waals surface area (Å²) in [7, 11) is 1.36. The van der Waals surface area contributed by atoms with Crippen molar-refractivity contribution in [1.29, 1.82) is 0 Å². The maximum atomic E-state index is 11.7. The van der Waals surface area contributed by atoms with Gasteiger partial charge in [0.15, 0.2) is 0 Å². The number of esters is 1. The third-order valence-electron chi connectivity index (χ3n) is 5.04. The summed E-state index contributed by atoms with van der Waals surface area (Å²) in [6, 6.07) is 18.4. The number of aliphatic hydroxyl groups excluding tert-OH is 1. The fraction of sp³-hybridized carbons (Fsp3) is 0.250. The second kappa shape index (κ2) is 8.97. The summed E-state index contributed by atoms with van der Waals surface area (Å²) < 4.78 is 16.7. The van der Waals surface area contributed by atoms with E-state index in [0.29, 0.717) is 42.1 Å². The Bertz CT molecular complexity index is 1020. The van der Waals surface area contributed by atoms with E-state index in [1.165, 1.54) is 7.11 Å². The van der Waals surface area contributed by atoms with Crippen molar-refractivity contribution in [3.05, 3.63) is 89.2 Å². The summed E-state index contributed by atoms with van der Waals surface area (Å²) in [6.45, 7) is 0.357. The van der Waals surface area contributed by atoms with Crippen molar-refractivity contribution in [2.75, 3.05) is 7.11 Å². The Morgan fingerprint density at radius 2 is 2.07 bits per heavy atom. The first kappa shape index (κ1) is 19.9. The molecule has 6 heteroatoms. The van der Waals surface area contributed by atoms with Gasteiger partial charge in [-0.05, 0) is 48.0 Å². The largest absolute Gasteiger partial charge is 0.490 e. The van der Waals surface area contributed by atoms with Crippen molar-refractivity contribution in [3.63, 3.8) is 0 Å². The molecule has 0 bridgehead atoms. The molecule has 2 heterocycles. The Morgan fingerprint density at radius 3 is 2.87 bits per heavy atom. The monoisotopic (exact) mass is 405 g/mol. The van der Waals surface area contributed by atoms with Gasteiger partial charge in [0, 0.05) is 24.6 Å². The van der Waals surface area contributed by atoms with Gasteiger partial charge in [-0.3, -0.25) is 4.98 Å². The molecule has 0 aliphatic carbocycles. The van der Waals surface area contributed by atoms with Gasteiger partial charge in [-0.25, -0.2) is 4.79 Å². The van der Waals surface area contributed by atoms with Crippen molar-refractivity contribution < 1.29 is 24.1 Å². The molecular weight excluding hydrogens is 382 g/mol. The van der Waals surface area contributed by atoms with Gasteiger partial charge in [-0.2, -0.15) is 0 Å². The molecule has 0 radical (unpaired) electrons. The first-order chi connectivity index (χ1) is 14.6. The second-order valence-electron chi connectivity index (χ2n) is 7.20. The summed E-state index contributed by atoms with van der Waals surface area (Å²) >= 11 is 0. The number of ether oxygens (including phenoxy) is 3. The van der Waals surface area contributed by atoms with Crippen LogP contribution in [0.25, 0.3) is 0 Å². The summed E-state index contributed by atoms with van der Waals surface area (Å²) in [5, 5.41) is 10.7. The van der Waals surface area contributed by atoms with Crippen LogP contribution in [0.1, 0.15) is 39.7 Å². The lowest BCUT2D eigenvalue weighted by molar-refractivity contribution is 0.0597. The SMILES string of the molecule is COC(=O)c1cccc(CC2CC(O)c3cc(OCc4ccccn4)ccc3O2)c1. The fourth-order valence-corrected chi connectivity index (χ4v) is 3.56. The minimum atomic E-state index is -0.652. The van der Waals surface area contributed by atoms with E-state index in [1.54, 1.807) is 18.3 Å². The molecule has 1 aliphatic heterocycles. The first-order valence-electron chi connectivity index (χ1n) is 9.81. The predicted molar refractivity (Wildman–Crippen MR) is 110 cm³/mol. The molecule has 2 aromatic carbocycles. The van der Waals surface area contributed by atoms with Crippen molar-refractivity contribution in [2.45, 2.75) is 31.7 Å². The summed E-state index contributed by atoms with van der Waals surface area (Å²) in [5.74, 6) is 0.935. The van der Waals surface area contributed by atoms with Crippen LogP contribution in [0.15, 0.2) is 66.9 Å². The van der Waals surface area contributed by atoms with E-state index < -0.39 is 6.10 Å². The van der Waals surface area contributed by atoms with E-state index in [0.717, 1.165) is 11.3 Å². The van der Waals surface area contributed by atoms with E-state index in [1.807, 2.05) is 48.5 Å². The van der Waals surface area contributed by atoms with Gasteiger partial charge >= 0.3 is 5.97 Å². The fourth-order valence-electron chi connectivity index (χ4n) is 3.56. The number of fused-ring (bicyclic) bond motifs is 1. The van der Waals surface area contributed by atoms with Gasteiger partial charge < -0.3 is 19.3 Å². The zero-order chi connectivity index (χ0) is 20.9. The van der Waals surface area contributed by atoms with Crippen LogP contribution in [0.4, 0.5) is 0 Å². The summed E-state index contributed by atoms with van der Waals surface area (Å²) in [5.41, 5.74) is 3.00. The third kappa shape index (κ3) is 4.60. The molecule has 3 aromatic rings. The number of benzene rings is 2. The molecule has 0 saturated heterocycles. The van der Waals surface area contributed by atoms with Crippen LogP contribution < -0.4 is 9.47 Å². The topological polar surface area (TPSA) is 77.9 Å². The highest BCUT2D eigenvalue weighted by Gasteiger charge is 2.27.